The van der Waals surface area contributed by atoms with Gasteiger partial charge in [-0.05, 0) is 69.2 Å². The number of hydrogen-bond donors (Lipinski definition) is 1. The van der Waals surface area contributed by atoms with Crippen LogP contribution in [0.1, 0.15) is 59.6 Å². The number of amides is 2. The SMILES string of the molecule is CC(=O)c1cn(CC(=O)N2[C@H](C(=O)Nc3nc(C(F)(F)F)cc(F)c3C)C[C@@]3(C)C[C@@H]23)c2c(C)cc(-c3cnc4cc(C)nn4c3)cc12. The van der Waals surface area contributed by atoms with Crippen LogP contribution in [0.25, 0.3) is 27.7 Å². The molecule has 5 aromatic rings. The summed E-state index contributed by atoms with van der Waals surface area (Å²) in [5.41, 5.74) is 2.99. The number of fused-ring (bicyclic) bond motifs is 3. The third kappa shape index (κ3) is 5.19. The van der Waals surface area contributed by atoms with Gasteiger partial charge in [0.2, 0.25) is 11.8 Å². The average Bonchev–Trinajstić information content (AvgIpc) is 3.27. The van der Waals surface area contributed by atoms with E-state index in [9.17, 15) is 31.9 Å². The minimum absolute atomic E-state index is 0.185. The Morgan fingerprint density at radius 2 is 1.79 bits per heavy atom. The molecule has 5 heterocycles. The molecule has 2 aliphatic rings. The summed E-state index contributed by atoms with van der Waals surface area (Å²) in [6, 6.07) is 4.72. The second-order valence-electron chi connectivity index (χ2n) is 13.2. The highest BCUT2D eigenvalue weighted by molar-refractivity contribution is 6.09. The van der Waals surface area contributed by atoms with Gasteiger partial charge in [0, 0.05) is 58.8 Å². The molecule has 1 aliphatic carbocycles. The number of carbonyl (C=O) groups excluding carboxylic acids is 3. The number of piperidine rings is 1. The van der Waals surface area contributed by atoms with Gasteiger partial charge in [0.15, 0.2) is 11.4 Å². The Morgan fingerprint density at radius 1 is 1.04 bits per heavy atom. The lowest BCUT2D eigenvalue weighted by Crippen LogP contribution is -2.46. The molecule has 48 heavy (non-hydrogen) atoms. The van der Waals surface area contributed by atoms with Crippen molar-refractivity contribution >= 4 is 40.0 Å². The third-order valence-corrected chi connectivity index (χ3v) is 9.58. The second kappa shape index (κ2) is 10.7. The number of carbonyl (C=O) groups is 3. The van der Waals surface area contributed by atoms with E-state index >= 15 is 0 Å². The molecule has 0 radical (unpaired) electrons. The first-order chi connectivity index (χ1) is 22.5. The summed E-state index contributed by atoms with van der Waals surface area (Å²) in [5.74, 6) is -3.03. The number of ketones is 1. The number of likely N-dealkylation sites (tertiary alicyclic amines) is 1. The molecule has 248 valence electrons. The Labute approximate surface area is 271 Å². The van der Waals surface area contributed by atoms with Crippen molar-refractivity contribution in [1.82, 2.24) is 29.0 Å². The van der Waals surface area contributed by atoms with Gasteiger partial charge < -0.3 is 14.8 Å². The van der Waals surface area contributed by atoms with Crippen molar-refractivity contribution in [3.8, 4) is 11.1 Å². The van der Waals surface area contributed by atoms with Gasteiger partial charge in [-0.1, -0.05) is 6.92 Å². The smallest absolute Gasteiger partial charge is 0.337 e. The van der Waals surface area contributed by atoms with Crippen LogP contribution in [0.2, 0.25) is 0 Å². The predicted molar refractivity (Wildman–Crippen MR) is 168 cm³/mol. The van der Waals surface area contributed by atoms with E-state index in [4.69, 9.17) is 0 Å². The lowest BCUT2D eigenvalue weighted by atomic mass is 10.0. The number of hydrogen-bond acceptors (Lipinski definition) is 6. The van der Waals surface area contributed by atoms with Crippen LogP contribution in [0.4, 0.5) is 23.4 Å². The topological polar surface area (TPSA) is 114 Å². The zero-order valence-corrected chi connectivity index (χ0v) is 26.7. The van der Waals surface area contributed by atoms with Crippen LogP contribution in [0, 0.1) is 32.0 Å². The fourth-order valence-electron chi connectivity index (χ4n) is 7.00. The number of benzene rings is 1. The highest BCUT2D eigenvalue weighted by Gasteiger charge is 2.64. The Balaban J connectivity index is 1.20. The maximum absolute atomic E-state index is 14.4. The van der Waals surface area contributed by atoms with Crippen LogP contribution in [0.3, 0.4) is 0 Å². The predicted octanol–water partition coefficient (Wildman–Crippen LogP) is 6.05. The first-order valence-corrected chi connectivity index (χ1v) is 15.4. The molecule has 14 heteroatoms. The van der Waals surface area contributed by atoms with Crippen LogP contribution in [0.15, 0.2) is 42.9 Å². The Hall–Kier alpha value is -5.14. The lowest BCUT2D eigenvalue weighted by Gasteiger charge is -2.27. The standard InChI is InChI=1S/C34H31F4N7O3/c1-16-6-20(21-12-39-28-7-17(2)42-44(28)13-21)8-22-23(19(4)46)14-43(30(16)22)15-29(47)45-25(10-33(5)11-27(33)45)32(48)41-31-18(3)24(35)9-26(40-31)34(36,37)38/h6-9,12-14,25,27H,10-11,15H2,1-5H3,(H,40,41,48)/t25-,27+,33-/m0/s1. The van der Waals surface area contributed by atoms with Crippen LogP contribution >= 0.6 is 0 Å². The summed E-state index contributed by atoms with van der Waals surface area (Å²) in [6.07, 6.45) is 1.27. The van der Waals surface area contributed by atoms with Gasteiger partial charge in [-0.3, -0.25) is 14.4 Å². The normalized spacial score (nSPS) is 20.4. The van der Waals surface area contributed by atoms with E-state index in [1.54, 1.807) is 21.5 Å². The van der Waals surface area contributed by atoms with Gasteiger partial charge in [-0.2, -0.15) is 18.3 Å². The first kappa shape index (κ1) is 31.5. The molecule has 10 nitrogen and oxygen atoms in total. The number of aryl methyl sites for hydroxylation is 2. The van der Waals surface area contributed by atoms with Gasteiger partial charge in [-0.15, -0.1) is 0 Å². The molecule has 2 fully saturated rings. The molecule has 0 bridgehead atoms. The van der Waals surface area contributed by atoms with Gasteiger partial charge in [-0.25, -0.2) is 18.9 Å². The summed E-state index contributed by atoms with van der Waals surface area (Å²) in [4.78, 5) is 49.8. The number of aromatic nitrogens is 5. The highest BCUT2D eigenvalue weighted by Crippen LogP contribution is 2.59. The molecule has 1 saturated heterocycles. The molecule has 2 amide bonds. The maximum atomic E-state index is 14.4. The van der Waals surface area contributed by atoms with Crippen molar-refractivity contribution in [2.24, 2.45) is 5.41 Å². The molecular weight excluding hydrogens is 630 g/mol. The molecule has 1 saturated carbocycles. The van der Waals surface area contributed by atoms with Crippen molar-refractivity contribution in [3.05, 3.63) is 76.8 Å². The lowest BCUT2D eigenvalue weighted by molar-refractivity contribution is -0.141. The van der Waals surface area contributed by atoms with E-state index in [1.165, 1.54) is 18.7 Å². The van der Waals surface area contributed by atoms with Crippen molar-refractivity contribution in [2.75, 3.05) is 5.32 Å². The second-order valence-corrected chi connectivity index (χ2v) is 13.2. The van der Waals surface area contributed by atoms with Crippen LogP contribution in [-0.2, 0) is 22.3 Å². The quantitative estimate of drug-likeness (QED) is 0.175. The summed E-state index contributed by atoms with van der Waals surface area (Å²) < 4.78 is 57.8. The van der Waals surface area contributed by atoms with Gasteiger partial charge in [0.25, 0.3) is 0 Å². The third-order valence-electron chi connectivity index (χ3n) is 9.58. The van der Waals surface area contributed by atoms with E-state index < -0.39 is 35.5 Å². The maximum Gasteiger partial charge on any atom is 0.433 e. The number of nitrogens with zero attached hydrogens (tertiary/aromatic N) is 6. The fraction of sp³-hybridized carbons (Fsp3) is 0.353. The number of alkyl halides is 3. The van der Waals surface area contributed by atoms with Crippen LogP contribution in [-0.4, -0.2) is 58.7 Å². The number of nitrogens with one attached hydrogen (secondary N) is 1. The summed E-state index contributed by atoms with van der Waals surface area (Å²) >= 11 is 0. The van der Waals surface area contributed by atoms with E-state index in [2.05, 4.69) is 20.4 Å². The molecule has 1 aliphatic heterocycles. The van der Waals surface area contributed by atoms with E-state index in [1.807, 2.05) is 45.2 Å². The molecule has 1 aromatic carbocycles. The fourth-order valence-corrected chi connectivity index (χ4v) is 7.00. The highest BCUT2D eigenvalue weighted by atomic mass is 19.4. The molecule has 3 atom stereocenters. The van der Waals surface area contributed by atoms with E-state index in [-0.39, 0.29) is 47.7 Å². The molecule has 4 aromatic heterocycles. The zero-order valence-electron chi connectivity index (χ0n) is 26.7. The Kier molecular flexibility index (Phi) is 7.01. The Morgan fingerprint density at radius 3 is 2.50 bits per heavy atom. The van der Waals surface area contributed by atoms with Crippen molar-refractivity contribution in [3.63, 3.8) is 0 Å². The van der Waals surface area contributed by atoms with Crippen molar-refractivity contribution in [1.29, 1.82) is 0 Å². The van der Waals surface area contributed by atoms with Gasteiger partial charge in [0.1, 0.15) is 29.9 Å². The van der Waals surface area contributed by atoms with Crippen LogP contribution in [0.5, 0.6) is 0 Å². The zero-order chi connectivity index (χ0) is 34.4. The van der Waals surface area contributed by atoms with Gasteiger partial charge >= 0.3 is 6.18 Å². The largest absolute Gasteiger partial charge is 0.433 e. The monoisotopic (exact) mass is 661 g/mol. The van der Waals surface area contributed by atoms with Crippen LogP contribution < -0.4 is 5.32 Å². The molecule has 0 unspecified atom stereocenters. The number of Topliss-reactive ketones (excluding diaryl/α,β-unsaturated/α-hetero) is 1. The van der Waals surface area contributed by atoms with Crippen molar-refractivity contribution < 1.29 is 31.9 Å². The minimum atomic E-state index is -4.92. The number of halogens is 4. The Bertz CT molecular complexity index is 2200. The first-order valence-electron chi connectivity index (χ1n) is 15.4. The van der Waals surface area contributed by atoms with Crippen molar-refractivity contribution in [2.45, 2.75) is 72.3 Å². The van der Waals surface area contributed by atoms with E-state index in [0.717, 1.165) is 22.4 Å². The van der Waals surface area contributed by atoms with E-state index in [0.29, 0.717) is 28.5 Å². The molecule has 1 N–H and O–H groups in total. The summed E-state index contributed by atoms with van der Waals surface area (Å²) in [5, 5.41) is 7.45. The molecular formula is C34H31F4N7O3. The summed E-state index contributed by atoms with van der Waals surface area (Å²) in [7, 11) is 0. The minimum Gasteiger partial charge on any atom is -0.337 e. The molecule has 7 rings (SSSR count). The summed E-state index contributed by atoms with van der Waals surface area (Å²) in [6.45, 7) is 8.19. The average molecular weight is 662 g/mol. The number of anilines is 1. The van der Waals surface area contributed by atoms with Gasteiger partial charge in [0.05, 0.1) is 11.2 Å². The molecule has 0 spiro atoms. The number of pyridine rings is 1. The number of rotatable bonds is 6.